The van der Waals surface area contributed by atoms with Crippen LogP contribution in [0.1, 0.15) is 35.3 Å². The van der Waals surface area contributed by atoms with Gasteiger partial charge in [-0.1, -0.05) is 24.0 Å². The highest BCUT2D eigenvalue weighted by Crippen LogP contribution is 2.11. The molecule has 0 spiro atoms. The lowest BCUT2D eigenvalue weighted by molar-refractivity contribution is 0.0951. The van der Waals surface area contributed by atoms with Crippen molar-refractivity contribution < 1.29 is 14.6 Å². The quantitative estimate of drug-likeness (QED) is 0.851. The fourth-order valence-corrected chi connectivity index (χ4v) is 1.96. The molecular weight excluding hydrogens is 302 g/mol. The van der Waals surface area contributed by atoms with Crippen LogP contribution in [0.3, 0.4) is 0 Å². The van der Waals surface area contributed by atoms with Crippen LogP contribution >= 0.6 is 0 Å². The second-order valence-corrected chi connectivity index (χ2v) is 5.92. The average Bonchev–Trinajstić information content (AvgIpc) is 2.58. The Morgan fingerprint density at radius 1 is 1.12 bits per heavy atom. The summed E-state index contributed by atoms with van der Waals surface area (Å²) in [6.45, 7) is 3.70. The van der Waals surface area contributed by atoms with E-state index in [0.717, 1.165) is 16.9 Å². The minimum Gasteiger partial charge on any atom is -0.497 e. The van der Waals surface area contributed by atoms with Crippen molar-refractivity contribution in [3.05, 3.63) is 65.2 Å². The van der Waals surface area contributed by atoms with Gasteiger partial charge in [0, 0.05) is 17.7 Å². The molecule has 0 unspecified atom stereocenters. The first-order valence-corrected chi connectivity index (χ1v) is 7.64. The first-order chi connectivity index (χ1) is 11.4. The van der Waals surface area contributed by atoms with E-state index in [4.69, 9.17) is 4.74 Å². The van der Waals surface area contributed by atoms with Crippen molar-refractivity contribution in [2.24, 2.45) is 0 Å². The molecule has 0 aliphatic carbocycles. The number of carbonyl (C=O) groups is 1. The summed E-state index contributed by atoms with van der Waals surface area (Å²) in [5, 5.41) is 12.5. The molecule has 2 N–H and O–H groups in total. The Balaban J connectivity index is 1.95. The van der Waals surface area contributed by atoms with Gasteiger partial charge in [-0.05, 0) is 55.8 Å². The summed E-state index contributed by atoms with van der Waals surface area (Å²) in [6.07, 6.45) is 0. The summed E-state index contributed by atoms with van der Waals surface area (Å²) in [6, 6.07) is 14.5. The van der Waals surface area contributed by atoms with Crippen molar-refractivity contribution in [3.63, 3.8) is 0 Å². The smallest absolute Gasteiger partial charge is 0.251 e. The molecule has 4 heteroatoms. The predicted octanol–water partition coefficient (Wildman–Crippen LogP) is 2.75. The molecule has 124 valence electrons. The topological polar surface area (TPSA) is 58.6 Å². The van der Waals surface area contributed by atoms with E-state index in [2.05, 4.69) is 17.2 Å². The summed E-state index contributed by atoms with van der Waals surface area (Å²) in [5.41, 5.74) is 1.28. The lowest BCUT2D eigenvalue weighted by Crippen LogP contribution is -2.22. The fourth-order valence-electron chi connectivity index (χ4n) is 1.96. The normalized spacial score (nSPS) is 10.5. The molecular formula is C20H21NO3. The Morgan fingerprint density at radius 3 is 2.29 bits per heavy atom. The van der Waals surface area contributed by atoms with Crippen molar-refractivity contribution in [3.8, 4) is 17.6 Å². The third-order valence-corrected chi connectivity index (χ3v) is 3.27. The first-order valence-electron chi connectivity index (χ1n) is 7.64. The number of nitrogens with one attached hydrogen (secondary N) is 1. The molecule has 0 aromatic heterocycles. The van der Waals surface area contributed by atoms with E-state index in [9.17, 15) is 9.90 Å². The molecule has 2 aromatic rings. The van der Waals surface area contributed by atoms with Crippen LogP contribution in [0.5, 0.6) is 5.75 Å². The van der Waals surface area contributed by atoms with Crippen LogP contribution in [0.25, 0.3) is 0 Å². The molecule has 2 aromatic carbocycles. The van der Waals surface area contributed by atoms with E-state index >= 15 is 0 Å². The van der Waals surface area contributed by atoms with Crippen molar-refractivity contribution in [2.75, 3.05) is 7.11 Å². The molecule has 2 rings (SSSR count). The summed E-state index contributed by atoms with van der Waals surface area (Å²) >= 11 is 0. The van der Waals surface area contributed by atoms with Gasteiger partial charge in [0.1, 0.15) is 11.4 Å². The molecule has 4 nitrogen and oxygen atoms in total. The Bertz CT molecular complexity index is 745. The number of carbonyl (C=O) groups excluding carboxylic acids is 1. The third kappa shape index (κ3) is 5.45. The van der Waals surface area contributed by atoms with E-state index in [0.29, 0.717) is 12.1 Å². The van der Waals surface area contributed by atoms with Crippen LogP contribution in [0.4, 0.5) is 0 Å². The number of hydrogen-bond acceptors (Lipinski definition) is 3. The van der Waals surface area contributed by atoms with Gasteiger partial charge in [0.15, 0.2) is 0 Å². The molecule has 0 radical (unpaired) electrons. The van der Waals surface area contributed by atoms with Crippen LogP contribution < -0.4 is 10.1 Å². The van der Waals surface area contributed by atoms with Gasteiger partial charge in [0.05, 0.1) is 7.11 Å². The summed E-state index contributed by atoms with van der Waals surface area (Å²) < 4.78 is 5.10. The zero-order chi connectivity index (χ0) is 17.6. The van der Waals surface area contributed by atoms with Crippen LogP contribution in [-0.2, 0) is 6.54 Å². The Labute approximate surface area is 142 Å². The second kappa shape index (κ2) is 7.67. The number of hydrogen-bond donors (Lipinski definition) is 2. The van der Waals surface area contributed by atoms with Crippen molar-refractivity contribution >= 4 is 5.91 Å². The van der Waals surface area contributed by atoms with Crippen LogP contribution in [0.15, 0.2) is 48.5 Å². The minimum absolute atomic E-state index is 0.146. The van der Waals surface area contributed by atoms with E-state index in [1.807, 2.05) is 24.3 Å². The van der Waals surface area contributed by atoms with Crippen LogP contribution in [0.2, 0.25) is 0 Å². The molecule has 24 heavy (non-hydrogen) atoms. The molecule has 0 saturated heterocycles. The number of amides is 1. The maximum absolute atomic E-state index is 12.2. The predicted molar refractivity (Wildman–Crippen MR) is 93.8 cm³/mol. The molecule has 0 aliphatic heterocycles. The van der Waals surface area contributed by atoms with E-state index in [-0.39, 0.29) is 5.91 Å². The van der Waals surface area contributed by atoms with Crippen molar-refractivity contribution in [1.82, 2.24) is 5.32 Å². The zero-order valence-electron chi connectivity index (χ0n) is 14.1. The van der Waals surface area contributed by atoms with Crippen LogP contribution in [-0.4, -0.2) is 23.7 Å². The fraction of sp³-hybridized carbons (Fsp3) is 0.250. The van der Waals surface area contributed by atoms with Gasteiger partial charge in [-0.25, -0.2) is 0 Å². The number of methoxy groups -OCH3 is 1. The van der Waals surface area contributed by atoms with Gasteiger partial charge >= 0.3 is 0 Å². The first kappa shape index (κ1) is 17.6. The summed E-state index contributed by atoms with van der Waals surface area (Å²) in [7, 11) is 1.62. The minimum atomic E-state index is -1.03. The number of rotatable bonds is 4. The molecule has 1 amide bonds. The van der Waals surface area contributed by atoms with Gasteiger partial charge in [0.2, 0.25) is 0 Å². The molecule has 0 saturated carbocycles. The summed E-state index contributed by atoms with van der Waals surface area (Å²) in [5.74, 6) is 6.25. The van der Waals surface area contributed by atoms with Gasteiger partial charge in [-0.15, -0.1) is 0 Å². The molecule has 0 bridgehead atoms. The average molecular weight is 323 g/mol. The SMILES string of the molecule is COc1ccc(CNC(=O)c2ccc(C#CC(C)(C)O)cc2)cc1. The highest BCUT2D eigenvalue weighted by Gasteiger charge is 2.07. The lowest BCUT2D eigenvalue weighted by atomic mass is 10.1. The van der Waals surface area contributed by atoms with Gasteiger partial charge in [-0.2, -0.15) is 0 Å². The van der Waals surface area contributed by atoms with Gasteiger partial charge in [-0.3, -0.25) is 4.79 Å². The molecule has 0 heterocycles. The lowest BCUT2D eigenvalue weighted by Gasteiger charge is -2.07. The number of aliphatic hydroxyl groups is 1. The maximum atomic E-state index is 12.2. The maximum Gasteiger partial charge on any atom is 0.251 e. The molecule has 0 atom stereocenters. The monoisotopic (exact) mass is 323 g/mol. The largest absolute Gasteiger partial charge is 0.497 e. The second-order valence-electron chi connectivity index (χ2n) is 5.92. The molecule has 0 aliphatic rings. The Morgan fingerprint density at radius 2 is 1.75 bits per heavy atom. The van der Waals surface area contributed by atoms with Crippen molar-refractivity contribution in [2.45, 2.75) is 26.0 Å². The highest BCUT2D eigenvalue weighted by atomic mass is 16.5. The van der Waals surface area contributed by atoms with Gasteiger partial charge in [0.25, 0.3) is 5.91 Å². The highest BCUT2D eigenvalue weighted by molar-refractivity contribution is 5.94. The van der Waals surface area contributed by atoms with Gasteiger partial charge < -0.3 is 15.2 Å². The summed E-state index contributed by atoms with van der Waals surface area (Å²) in [4.78, 5) is 12.2. The zero-order valence-corrected chi connectivity index (χ0v) is 14.1. The third-order valence-electron chi connectivity index (χ3n) is 3.27. The van der Waals surface area contributed by atoms with E-state index in [1.54, 1.807) is 45.2 Å². The standard InChI is InChI=1S/C20H21NO3/c1-20(2,23)13-12-15-4-8-17(9-5-15)19(22)21-14-16-6-10-18(24-3)11-7-16/h4-11,23H,14H2,1-3H3,(H,21,22). The van der Waals surface area contributed by atoms with Crippen LogP contribution in [0, 0.1) is 11.8 Å². The Kier molecular flexibility index (Phi) is 5.62. The van der Waals surface area contributed by atoms with E-state index < -0.39 is 5.60 Å². The number of benzene rings is 2. The number of ether oxygens (including phenoxy) is 1. The Hall–Kier alpha value is -2.77. The van der Waals surface area contributed by atoms with E-state index in [1.165, 1.54) is 0 Å². The molecule has 0 fully saturated rings. The van der Waals surface area contributed by atoms with Crippen molar-refractivity contribution in [1.29, 1.82) is 0 Å².